The van der Waals surface area contributed by atoms with E-state index in [0.717, 1.165) is 37.3 Å². The van der Waals surface area contributed by atoms with E-state index in [1.54, 1.807) is 0 Å². The van der Waals surface area contributed by atoms with Gasteiger partial charge in [0.25, 0.3) is 5.91 Å². The number of nitrogens with zero attached hydrogens (tertiary/aromatic N) is 2. The number of hydrogen-bond acceptors (Lipinski definition) is 3. The number of carbonyl (C=O) groups is 1. The van der Waals surface area contributed by atoms with E-state index >= 15 is 0 Å². The number of benzene rings is 1. The summed E-state index contributed by atoms with van der Waals surface area (Å²) in [7, 11) is 0. The second-order valence-corrected chi connectivity index (χ2v) is 6.20. The quantitative estimate of drug-likeness (QED) is 0.864. The smallest absolute Gasteiger partial charge is 0.254 e. The van der Waals surface area contributed by atoms with E-state index in [4.69, 9.17) is 18.0 Å². The van der Waals surface area contributed by atoms with Gasteiger partial charge < -0.3 is 10.6 Å². The first-order chi connectivity index (χ1) is 9.90. The Bertz CT molecular complexity index is 550. The topological polar surface area (TPSA) is 49.6 Å². The molecule has 0 radical (unpaired) electrons. The van der Waals surface area contributed by atoms with Crippen LogP contribution in [0.5, 0.6) is 0 Å². The summed E-state index contributed by atoms with van der Waals surface area (Å²) in [5.74, 6) is 0.120. The molecule has 2 N–H and O–H groups in total. The van der Waals surface area contributed by atoms with Crippen molar-refractivity contribution in [3.63, 3.8) is 0 Å². The lowest BCUT2D eigenvalue weighted by Gasteiger charge is -2.37. The van der Waals surface area contributed by atoms with E-state index in [0.29, 0.717) is 4.99 Å². The summed E-state index contributed by atoms with van der Waals surface area (Å²) in [5.41, 5.74) is 8.72. The van der Waals surface area contributed by atoms with Crippen LogP contribution < -0.4 is 5.73 Å². The number of aryl methyl sites for hydroxylation is 2. The molecule has 1 saturated heterocycles. The van der Waals surface area contributed by atoms with Crippen molar-refractivity contribution in [2.75, 3.05) is 26.2 Å². The Morgan fingerprint density at radius 2 is 1.86 bits per heavy atom. The lowest BCUT2D eigenvalue weighted by atomic mass is 10.0. The minimum atomic E-state index is 0.0957. The minimum absolute atomic E-state index is 0.0957. The second-order valence-electron chi connectivity index (χ2n) is 5.72. The van der Waals surface area contributed by atoms with Gasteiger partial charge in [-0.05, 0) is 32.4 Å². The third-order valence-electron chi connectivity index (χ3n) is 4.17. The van der Waals surface area contributed by atoms with Crippen molar-refractivity contribution < 1.29 is 4.79 Å². The molecule has 1 aromatic carbocycles. The fraction of sp³-hybridized carbons (Fsp3) is 0.500. The van der Waals surface area contributed by atoms with E-state index in [1.807, 2.05) is 37.8 Å². The first-order valence-electron chi connectivity index (χ1n) is 7.30. The van der Waals surface area contributed by atoms with E-state index in [1.165, 1.54) is 5.56 Å². The van der Waals surface area contributed by atoms with Crippen LogP contribution in [0.25, 0.3) is 0 Å². The molecule has 0 aliphatic carbocycles. The number of rotatable bonds is 3. The molecular formula is C16H23N3OS. The number of thiocarbonyl (C=S) groups is 1. The van der Waals surface area contributed by atoms with Crippen molar-refractivity contribution in [3.8, 4) is 0 Å². The molecule has 0 aromatic heterocycles. The monoisotopic (exact) mass is 305 g/mol. The van der Waals surface area contributed by atoms with Gasteiger partial charge in [0, 0.05) is 31.7 Å². The molecule has 114 valence electrons. The van der Waals surface area contributed by atoms with Gasteiger partial charge in [0.05, 0.1) is 11.0 Å². The van der Waals surface area contributed by atoms with Crippen LogP contribution in [-0.4, -0.2) is 52.9 Å². The molecule has 21 heavy (non-hydrogen) atoms. The molecule has 0 spiro atoms. The molecule has 1 unspecified atom stereocenters. The first kappa shape index (κ1) is 15.9. The standard InChI is InChI=1S/C16H23N3OS/c1-11-4-5-14(12(2)10-11)16(20)19-8-6-18(7-9-19)13(3)15(17)21/h4-5,10,13H,6-9H2,1-3H3,(H2,17,21). The maximum absolute atomic E-state index is 12.6. The van der Waals surface area contributed by atoms with Crippen LogP contribution in [0.3, 0.4) is 0 Å². The normalized spacial score (nSPS) is 17.6. The number of piperazine rings is 1. The Kier molecular flexibility index (Phi) is 4.96. The van der Waals surface area contributed by atoms with E-state index in [-0.39, 0.29) is 11.9 Å². The molecule has 4 nitrogen and oxygen atoms in total. The summed E-state index contributed by atoms with van der Waals surface area (Å²) in [6, 6.07) is 6.07. The average molecular weight is 305 g/mol. The third kappa shape index (κ3) is 3.60. The van der Waals surface area contributed by atoms with Gasteiger partial charge in [-0.2, -0.15) is 0 Å². The Labute approximate surface area is 131 Å². The van der Waals surface area contributed by atoms with Gasteiger partial charge in [-0.3, -0.25) is 9.69 Å². The first-order valence-corrected chi connectivity index (χ1v) is 7.71. The zero-order valence-electron chi connectivity index (χ0n) is 12.9. The van der Waals surface area contributed by atoms with Crippen molar-refractivity contribution in [2.45, 2.75) is 26.8 Å². The lowest BCUT2D eigenvalue weighted by molar-refractivity contribution is 0.0621. The van der Waals surface area contributed by atoms with Gasteiger partial charge >= 0.3 is 0 Å². The van der Waals surface area contributed by atoms with Crippen LogP contribution in [0, 0.1) is 13.8 Å². The lowest BCUT2D eigenvalue weighted by Crippen LogP contribution is -2.54. The van der Waals surface area contributed by atoms with Crippen LogP contribution in [0.4, 0.5) is 0 Å². The summed E-state index contributed by atoms with van der Waals surface area (Å²) in [6.45, 7) is 9.12. The third-order valence-corrected chi connectivity index (χ3v) is 4.51. The molecule has 0 saturated carbocycles. The SMILES string of the molecule is Cc1ccc(C(=O)N2CCN(C(C)C(N)=S)CC2)c(C)c1. The molecule has 0 bridgehead atoms. The van der Waals surface area contributed by atoms with Crippen molar-refractivity contribution in [1.82, 2.24) is 9.80 Å². The fourth-order valence-electron chi connectivity index (χ4n) is 2.72. The summed E-state index contributed by atoms with van der Waals surface area (Å²) >= 11 is 5.04. The van der Waals surface area contributed by atoms with E-state index in [9.17, 15) is 4.79 Å². The Hall–Kier alpha value is -1.46. The predicted molar refractivity (Wildman–Crippen MR) is 89.6 cm³/mol. The highest BCUT2D eigenvalue weighted by Gasteiger charge is 2.26. The molecule has 1 amide bonds. The van der Waals surface area contributed by atoms with Gasteiger partial charge in [0.15, 0.2) is 0 Å². The highest BCUT2D eigenvalue weighted by Crippen LogP contribution is 2.15. The molecule has 1 fully saturated rings. The van der Waals surface area contributed by atoms with E-state index < -0.39 is 0 Å². The van der Waals surface area contributed by atoms with Crippen LogP contribution in [0.2, 0.25) is 0 Å². The van der Waals surface area contributed by atoms with Crippen molar-refractivity contribution >= 4 is 23.1 Å². The zero-order valence-corrected chi connectivity index (χ0v) is 13.7. The predicted octanol–water partition coefficient (Wildman–Crippen LogP) is 1.74. The van der Waals surface area contributed by atoms with Crippen LogP contribution in [0.15, 0.2) is 18.2 Å². The molecule has 1 aliphatic rings. The Balaban J connectivity index is 2.02. The molecule has 5 heteroatoms. The number of amides is 1. The van der Waals surface area contributed by atoms with E-state index in [2.05, 4.69) is 11.0 Å². The Morgan fingerprint density at radius 1 is 1.24 bits per heavy atom. The fourth-order valence-corrected chi connectivity index (χ4v) is 2.87. The molecule has 1 atom stereocenters. The largest absolute Gasteiger partial charge is 0.392 e. The zero-order chi connectivity index (χ0) is 15.6. The molecule has 1 heterocycles. The molecule has 1 aromatic rings. The summed E-state index contributed by atoms with van der Waals surface area (Å²) < 4.78 is 0. The molecule has 1 aliphatic heterocycles. The van der Waals surface area contributed by atoms with Gasteiger partial charge in [0.2, 0.25) is 0 Å². The van der Waals surface area contributed by atoms with Crippen molar-refractivity contribution in [2.24, 2.45) is 5.73 Å². The maximum Gasteiger partial charge on any atom is 0.254 e. The second kappa shape index (κ2) is 6.54. The van der Waals surface area contributed by atoms with Crippen molar-refractivity contribution in [1.29, 1.82) is 0 Å². The number of hydrogen-bond donors (Lipinski definition) is 1. The maximum atomic E-state index is 12.6. The highest BCUT2D eigenvalue weighted by atomic mass is 32.1. The van der Waals surface area contributed by atoms with Gasteiger partial charge in [-0.15, -0.1) is 0 Å². The summed E-state index contributed by atoms with van der Waals surface area (Å²) in [5, 5.41) is 0. The summed E-state index contributed by atoms with van der Waals surface area (Å²) in [6.07, 6.45) is 0. The van der Waals surface area contributed by atoms with Crippen LogP contribution in [-0.2, 0) is 0 Å². The Morgan fingerprint density at radius 3 is 2.38 bits per heavy atom. The highest BCUT2D eigenvalue weighted by molar-refractivity contribution is 7.80. The molecular weight excluding hydrogens is 282 g/mol. The molecule has 2 rings (SSSR count). The summed E-state index contributed by atoms with van der Waals surface area (Å²) in [4.78, 5) is 17.3. The van der Waals surface area contributed by atoms with Crippen molar-refractivity contribution in [3.05, 3.63) is 34.9 Å². The van der Waals surface area contributed by atoms with Gasteiger partial charge in [-0.25, -0.2) is 0 Å². The average Bonchev–Trinajstić information content (AvgIpc) is 2.46. The van der Waals surface area contributed by atoms with Crippen LogP contribution in [0.1, 0.15) is 28.4 Å². The number of nitrogens with two attached hydrogens (primary N) is 1. The number of carbonyl (C=O) groups excluding carboxylic acids is 1. The minimum Gasteiger partial charge on any atom is -0.392 e. The van der Waals surface area contributed by atoms with Gasteiger partial charge in [-0.1, -0.05) is 29.9 Å². The van der Waals surface area contributed by atoms with Gasteiger partial charge in [0.1, 0.15) is 0 Å². The van der Waals surface area contributed by atoms with Crippen LogP contribution >= 0.6 is 12.2 Å².